The predicted octanol–water partition coefficient (Wildman–Crippen LogP) is 3.38. The highest BCUT2D eigenvalue weighted by molar-refractivity contribution is 6.31. The molecule has 1 aromatic heterocycles. The molecule has 0 spiro atoms. The first kappa shape index (κ1) is 16.9. The average Bonchev–Trinajstić information content (AvgIpc) is 2.63. The van der Waals surface area contributed by atoms with Crippen molar-refractivity contribution in [1.29, 1.82) is 0 Å². The van der Waals surface area contributed by atoms with E-state index >= 15 is 0 Å². The molecule has 0 saturated carbocycles. The standard InChI is InChI=1S/C19H16ClN3O2/c1-13(15-9-5-6-10-16(15)20)21-19(25)17-11-12-18(24)23(22-17)14-7-3-2-4-8-14/h2-13H,1H3,(H,21,25). The van der Waals surface area contributed by atoms with Crippen LogP contribution in [0, 0.1) is 0 Å². The fourth-order valence-corrected chi connectivity index (χ4v) is 2.76. The Morgan fingerprint density at radius 2 is 1.72 bits per heavy atom. The molecule has 1 heterocycles. The van der Waals surface area contributed by atoms with Crippen LogP contribution in [0.15, 0.2) is 71.5 Å². The topological polar surface area (TPSA) is 64.0 Å². The van der Waals surface area contributed by atoms with E-state index in [2.05, 4.69) is 10.4 Å². The minimum Gasteiger partial charge on any atom is -0.344 e. The maximum absolute atomic E-state index is 12.5. The lowest BCUT2D eigenvalue weighted by atomic mass is 10.1. The van der Waals surface area contributed by atoms with Crippen LogP contribution in [0.1, 0.15) is 29.0 Å². The number of halogens is 1. The Morgan fingerprint density at radius 1 is 1.04 bits per heavy atom. The first-order chi connectivity index (χ1) is 12.1. The number of nitrogens with one attached hydrogen (secondary N) is 1. The van der Waals surface area contributed by atoms with E-state index in [0.29, 0.717) is 10.7 Å². The number of amides is 1. The van der Waals surface area contributed by atoms with Crippen molar-refractivity contribution in [3.63, 3.8) is 0 Å². The lowest BCUT2D eigenvalue weighted by Gasteiger charge is -2.15. The molecule has 25 heavy (non-hydrogen) atoms. The maximum atomic E-state index is 12.5. The van der Waals surface area contributed by atoms with Crippen molar-refractivity contribution < 1.29 is 4.79 Å². The highest BCUT2D eigenvalue weighted by Crippen LogP contribution is 2.22. The van der Waals surface area contributed by atoms with Gasteiger partial charge in [-0.3, -0.25) is 9.59 Å². The van der Waals surface area contributed by atoms with Crippen LogP contribution >= 0.6 is 11.6 Å². The summed E-state index contributed by atoms with van der Waals surface area (Å²) < 4.78 is 1.20. The van der Waals surface area contributed by atoms with Crippen molar-refractivity contribution in [3.8, 4) is 5.69 Å². The maximum Gasteiger partial charge on any atom is 0.272 e. The van der Waals surface area contributed by atoms with Crippen LogP contribution in [0.25, 0.3) is 5.69 Å². The normalized spacial score (nSPS) is 11.8. The van der Waals surface area contributed by atoms with E-state index in [1.165, 1.54) is 16.8 Å². The van der Waals surface area contributed by atoms with Gasteiger partial charge in [0.2, 0.25) is 0 Å². The van der Waals surface area contributed by atoms with Gasteiger partial charge in [-0.15, -0.1) is 0 Å². The lowest BCUT2D eigenvalue weighted by Crippen LogP contribution is -2.30. The van der Waals surface area contributed by atoms with Gasteiger partial charge in [0, 0.05) is 11.1 Å². The Morgan fingerprint density at radius 3 is 2.44 bits per heavy atom. The second-order valence-electron chi connectivity index (χ2n) is 5.52. The number of benzene rings is 2. The number of carbonyl (C=O) groups is 1. The summed E-state index contributed by atoms with van der Waals surface area (Å²) in [6.45, 7) is 1.84. The van der Waals surface area contributed by atoms with Gasteiger partial charge in [-0.2, -0.15) is 9.78 Å². The number of aromatic nitrogens is 2. The summed E-state index contributed by atoms with van der Waals surface area (Å²) in [5, 5.41) is 7.60. The third-order valence-electron chi connectivity index (χ3n) is 3.75. The predicted molar refractivity (Wildman–Crippen MR) is 97.2 cm³/mol. The largest absolute Gasteiger partial charge is 0.344 e. The molecule has 126 valence electrons. The third kappa shape index (κ3) is 3.78. The van der Waals surface area contributed by atoms with Crippen molar-refractivity contribution in [1.82, 2.24) is 15.1 Å². The fraction of sp³-hybridized carbons (Fsp3) is 0.105. The smallest absolute Gasteiger partial charge is 0.272 e. The summed E-state index contributed by atoms with van der Waals surface area (Å²) in [5.74, 6) is -0.378. The van der Waals surface area contributed by atoms with E-state index in [1.807, 2.05) is 31.2 Å². The van der Waals surface area contributed by atoms with Crippen LogP contribution in [-0.4, -0.2) is 15.7 Å². The highest BCUT2D eigenvalue weighted by atomic mass is 35.5. The van der Waals surface area contributed by atoms with Gasteiger partial charge in [-0.1, -0.05) is 48.0 Å². The lowest BCUT2D eigenvalue weighted by molar-refractivity contribution is 0.0933. The number of hydrogen-bond donors (Lipinski definition) is 1. The second kappa shape index (κ2) is 7.32. The zero-order chi connectivity index (χ0) is 17.8. The molecule has 1 N–H and O–H groups in total. The first-order valence-electron chi connectivity index (χ1n) is 7.77. The summed E-state index contributed by atoms with van der Waals surface area (Å²) in [7, 11) is 0. The van der Waals surface area contributed by atoms with Crippen molar-refractivity contribution in [3.05, 3.63) is 93.4 Å². The molecule has 6 heteroatoms. The van der Waals surface area contributed by atoms with Crippen LogP contribution in [0.5, 0.6) is 0 Å². The van der Waals surface area contributed by atoms with Crippen molar-refractivity contribution in [2.24, 2.45) is 0 Å². The van der Waals surface area contributed by atoms with Gasteiger partial charge >= 0.3 is 0 Å². The SMILES string of the molecule is CC(NC(=O)c1ccc(=O)n(-c2ccccc2)n1)c1ccccc1Cl. The minimum absolute atomic E-state index is 0.155. The summed E-state index contributed by atoms with van der Waals surface area (Å²) in [6.07, 6.45) is 0. The van der Waals surface area contributed by atoms with Gasteiger partial charge in [0.1, 0.15) is 5.69 Å². The highest BCUT2D eigenvalue weighted by Gasteiger charge is 2.16. The molecule has 0 aliphatic heterocycles. The number of rotatable bonds is 4. The molecule has 1 atom stereocenters. The molecule has 3 aromatic rings. The summed E-state index contributed by atoms with van der Waals surface area (Å²) in [4.78, 5) is 24.5. The number of nitrogens with zero attached hydrogens (tertiary/aromatic N) is 2. The van der Waals surface area contributed by atoms with Crippen molar-refractivity contribution in [2.75, 3.05) is 0 Å². The average molecular weight is 354 g/mol. The molecule has 0 saturated heterocycles. The van der Waals surface area contributed by atoms with E-state index in [1.54, 1.807) is 30.3 Å². The summed E-state index contributed by atoms with van der Waals surface area (Å²) >= 11 is 6.16. The van der Waals surface area contributed by atoms with Gasteiger partial charge < -0.3 is 5.32 Å². The summed E-state index contributed by atoms with van der Waals surface area (Å²) in [6, 6.07) is 18.7. The number of carbonyl (C=O) groups excluding carboxylic acids is 1. The molecule has 2 aromatic carbocycles. The van der Waals surface area contributed by atoms with E-state index in [-0.39, 0.29) is 23.2 Å². The van der Waals surface area contributed by atoms with Crippen LogP contribution in [0.3, 0.4) is 0 Å². The van der Waals surface area contributed by atoms with Crippen LogP contribution in [0.4, 0.5) is 0 Å². The van der Waals surface area contributed by atoms with Crippen molar-refractivity contribution in [2.45, 2.75) is 13.0 Å². The quantitative estimate of drug-likeness (QED) is 0.782. The molecule has 0 fully saturated rings. The van der Waals surface area contributed by atoms with E-state index in [9.17, 15) is 9.59 Å². The van der Waals surface area contributed by atoms with E-state index in [4.69, 9.17) is 11.6 Å². The Labute approximate surface area is 149 Å². The van der Waals surface area contributed by atoms with Crippen molar-refractivity contribution >= 4 is 17.5 Å². The Bertz CT molecular complexity index is 954. The van der Waals surface area contributed by atoms with E-state index < -0.39 is 0 Å². The molecular weight excluding hydrogens is 338 g/mol. The third-order valence-corrected chi connectivity index (χ3v) is 4.10. The first-order valence-corrected chi connectivity index (χ1v) is 8.15. The molecule has 1 unspecified atom stereocenters. The van der Waals surface area contributed by atoms with Crippen LogP contribution < -0.4 is 10.9 Å². The molecule has 5 nitrogen and oxygen atoms in total. The monoisotopic (exact) mass is 353 g/mol. The molecule has 0 aliphatic rings. The second-order valence-corrected chi connectivity index (χ2v) is 5.93. The summed E-state index contributed by atoms with van der Waals surface area (Å²) in [5.41, 5.74) is 1.26. The van der Waals surface area contributed by atoms with Gasteiger partial charge in [-0.05, 0) is 36.8 Å². The number of hydrogen-bond acceptors (Lipinski definition) is 3. The van der Waals surface area contributed by atoms with Crippen LogP contribution in [-0.2, 0) is 0 Å². The zero-order valence-corrected chi connectivity index (χ0v) is 14.3. The molecule has 1 amide bonds. The zero-order valence-electron chi connectivity index (χ0n) is 13.5. The van der Waals surface area contributed by atoms with Crippen LogP contribution in [0.2, 0.25) is 5.02 Å². The Kier molecular flexibility index (Phi) is 4.95. The Hall–Kier alpha value is -2.92. The molecular formula is C19H16ClN3O2. The number of para-hydroxylation sites is 1. The molecule has 0 bridgehead atoms. The molecule has 0 radical (unpaired) electrons. The van der Waals surface area contributed by atoms with Gasteiger partial charge in [0.15, 0.2) is 0 Å². The molecule has 0 aliphatic carbocycles. The molecule has 3 rings (SSSR count). The Balaban J connectivity index is 1.86. The van der Waals surface area contributed by atoms with Gasteiger partial charge in [0.25, 0.3) is 11.5 Å². The fourth-order valence-electron chi connectivity index (χ4n) is 2.46. The van der Waals surface area contributed by atoms with Gasteiger partial charge in [-0.25, -0.2) is 0 Å². The minimum atomic E-state index is -0.378. The van der Waals surface area contributed by atoms with Gasteiger partial charge in [0.05, 0.1) is 11.7 Å². The van der Waals surface area contributed by atoms with E-state index in [0.717, 1.165) is 5.56 Å².